The maximum Gasteiger partial charge on any atom is 0.416 e. The van der Waals surface area contributed by atoms with Gasteiger partial charge in [0.2, 0.25) is 0 Å². The number of benzene rings is 1. The zero-order valence-electron chi connectivity index (χ0n) is 12.2. The highest BCUT2D eigenvalue weighted by Gasteiger charge is 2.42. The van der Waals surface area contributed by atoms with Crippen LogP contribution in [0.2, 0.25) is 0 Å². The van der Waals surface area contributed by atoms with Crippen LogP contribution in [0.15, 0.2) is 24.3 Å². The predicted molar refractivity (Wildman–Crippen MR) is 80.7 cm³/mol. The van der Waals surface area contributed by atoms with Crippen LogP contribution in [-0.4, -0.2) is 36.0 Å². The van der Waals surface area contributed by atoms with Gasteiger partial charge in [-0.2, -0.15) is 24.9 Å². The van der Waals surface area contributed by atoms with Gasteiger partial charge in [0.15, 0.2) is 0 Å². The first-order valence-corrected chi connectivity index (χ1v) is 8.69. The van der Waals surface area contributed by atoms with Gasteiger partial charge in [-0.1, -0.05) is 12.1 Å². The van der Waals surface area contributed by atoms with E-state index >= 15 is 4.39 Å². The lowest BCUT2D eigenvalue weighted by Gasteiger charge is -2.24. The Balaban J connectivity index is 1.71. The minimum absolute atomic E-state index is 0.158. The summed E-state index contributed by atoms with van der Waals surface area (Å²) in [5, 5.41) is 0. The highest BCUT2D eigenvalue weighted by Crippen LogP contribution is 2.39. The Labute approximate surface area is 132 Å². The van der Waals surface area contributed by atoms with Crippen LogP contribution < -0.4 is 0 Å². The van der Waals surface area contributed by atoms with Gasteiger partial charge >= 0.3 is 6.18 Å². The van der Waals surface area contributed by atoms with Crippen LogP contribution in [0, 0.1) is 5.92 Å². The van der Waals surface area contributed by atoms with Gasteiger partial charge in [-0.25, -0.2) is 4.39 Å². The molecule has 6 heteroatoms. The van der Waals surface area contributed by atoms with Crippen LogP contribution in [0.4, 0.5) is 17.6 Å². The maximum absolute atomic E-state index is 15.1. The summed E-state index contributed by atoms with van der Waals surface area (Å²) in [7, 11) is 0. The van der Waals surface area contributed by atoms with E-state index in [2.05, 4.69) is 4.90 Å². The summed E-state index contributed by atoms with van der Waals surface area (Å²) in [6.45, 7) is 1.68. The van der Waals surface area contributed by atoms with E-state index < -0.39 is 17.4 Å². The summed E-state index contributed by atoms with van der Waals surface area (Å²) in [6, 6.07) is 4.74. The summed E-state index contributed by atoms with van der Waals surface area (Å²) >= 11 is 1.92. The molecule has 22 heavy (non-hydrogen) atoms. The molecule has 2 heterocycles. The molecule has 2 unspecified atom stereocenters. The zero-order valence-corrected chi connectivity index (χ0v) is 13.0. The second kappa shape index (κ2) is 6.04. The Hall–Kier alpha value is -0.750. The fraction of sp³-hybridized carbons (Fsp3) is 0.625. The van der Waals surface area contributed by atoms with Gasteiger partial charge in [-0.3, -0.25) is 4.90 Å². The molecule has 1 nitrogen and oxygen atoms in total. The minimum Gasteiger partial charge on any atom is -0.299 e. The molecule has 3 rings (SSSR count). The van der Waals surface area contributed by atoms with Crippen molar-refractivity contribution in [3.63, 3.8) is 0 Å². The van der Waals surface area contributed by atoms with Crippen LogP contribution in [0.5, 0.6) is 0 Å². The van der Waals surface area contributed by atoms with Crippen LogP contribution in [0.25, 0.3) is 0 Å². The molecule has 0 aromatic heterocycles. The molecule has 0 aliphatic carbocycles. The Morgan fingerprint density at radius 1 is 1.32 bits per heavy atom. The van der Waals surface area contributed by atoms with Crippen molar-refractivity contribution in [1.29, 1.82) is 0 Å². The quantitative estimate of drug-likeness (QED) is 0.758. The first kappa shape index (κ1) is 16.1. The number of hydrogen-bond acceptors (Lipinski definition) is 2. The number of rotatable bonds is 3. The van der Waals surface area contributed by atoms with E-state index in [1.54, 1.807) is 0 Å². The lowest BCUT2D eigenvalue weighted by Crippen LogP contribution is -2.31. The van der Waals surface area contributed by atoms with Crippen LogP contribution in [-0.2, 0) is 11.8 Å². The van der Waals surface area contributed by atoms with Gasteiger partial charge in [-0.05, 0) is 48.0 Å². The molecule has 2 aliphatic heterocycles. The largest absolute Gasteiger partial charge is 0.416 e. The Kier molecular flexibility index (Phi) is 4.42. The molecule has 122 valence electrons. The summed E-state index contributed by atoms with van der Waals surface area (Å²) in [4.78, 5) is 2.07. The van der Waals surface area contributed by atoms with Crippen LogP contribution >= 0.6 is 11.8 Å². The molecule has 0 bridgehead atoms. The smallest absolute Gasteiger partial charge is 0.299 e. The molecule has 2 atom stereocenters. The van der Waals surface area contributed by atoms with E-state index in [-0.39, 0.29) is 18.5 Å². The van der Waals surface area contributed by atoms with Crippen molar-refractivity contribution in [2.24, 2.45) is 5.92 Å². The molecule has 2 fully saturated rings. The van der Waals surface area contributed by atoms with Crippen LogP contribution in [0.3, 0.4) is 0 Å². The molecule has 1 aromatic carbocycles. The van der Waals surface area contributed by atoms with E-state index in [0.717, 1.165) is 36.6 Å². The van der Waals surface area contributed by atoms with Crippen molar-refractivity contribution in [2.75, 3.05) is 31.1 Å². The van der Waals surface area contributed by atoms with Crippen LogP contribution in [0.1, 0.15) is 24.0 Å². The van der Waals surface area contributed by atoms with E-state index in [1.807, 2.05) is 11.8 Å². The summed E-state index contributed by atoms with van der Waals surface area (Å²) in [6.07, 6.45) is -3.00. The van der Waals surface area contributed by atoms with Gasteiger partial charge in [0.1, 0.15) is 5.67 Å². The van der Waals surface area contributed by atoms with Gasteiger partial charge in [-0.15, -0.1) is 0 Å². The third-order valence-corrected chi connectivity index (χ3v) is 5.78. The van der Waals surface area contributed by atoms with Crippen molar-refractivity contribution in [2.45, 2.75) is 24.7 Å². The van der Waals surface area contributed by atoms with E-state index in [4.69, 9.17) is 0 Å². The highest BCUT2D eigenvalue weighted by molar-refractivity contribution is 7.99. The normalized spacial score (nSPS) is 30.1. The van der Waals surface area contributed by atoms with E-state index in [0.29, 0.717) is 12.5 Å². The van der Waals surface area contributed by atoms with E-state index in [1.165, 1.54) is 12.1 Å². The number of likely N-dealkylation sites (tertiary alicyclic amines) is 1. The number of alkyl halides is 4. The van der Waals surface area contributed by atoms with Gasteiger partial charge in [0.05, 0.1) is 5.56 Å². The number of hydrogen-bond donors (Lipinski definition) is 0. The second-order valence-electron chi connectivity index (χ2n) is 6.26. The summed E-state index contributed by atoms with van der Waals surface area (Å²) < 4.78 is 53.5. The van der Waals surface area contributed by atoms with Gasteiger partial charge in [0, 0.05) is 19.6 Å². The van der Waals surface area contributed by atoms with Gasteiger partial charge in [0.25, 0.3) is 0 Å². The third kappa shape index (κ3) is 3.43. The lowest BCUT2D eigenvalue weighted by atomic mass is 9.93. The lowest BCUT2D eigenvalue weighted by molar-refractivity contribution is -0.137. The van der Waals surface area contributed by atoms with Crippen molar-refractivity contribution >= 4 is 11.8 Å². The standard InChI is InChI=1S/C16H19F4NS/c17-15(13-2-1-3-14(8-13)16(18,19)20)5-6-21(11-15)9-12-4-7-22-10-12/h1-3,8,12H,4-7,9-11H2. The number of nitrogens with zero attached hydrogens (tertiary/aromatic N) is 1. The van der Waals surface area contributed by atoms with Gasteiger partial charge < -0.3 is 0 Å². The molecule has 0 spiro atoms. The maximum atomic E-state index is 15.1. The summed E-state index contributed by atoms with van der Waals surface area (Å²) in [5.41, 5.74) is -2.27. The first-order valence-electron chi connectivity index (χ1n) is 7.54. The molecule has 0 N–H and O–H groups in total. The zero-order chi connectivity index (χ0) is 15.8. The third-order valence-electron chi connectivity index (χ3n) is 4.55. The van der Waals surface area contributed by atoms with Crippen molar-refractivity contribution < 1.29 is 17.6 Å². The molecule has 2 saturated heterocycles. The Morgan fingerprint density at radius 3 is 2.82 bits per heavy atom. The molecular formula is C16H19F4NS. The number of halogens is 4. The molecule has 2 aliphatic rings. The fourth-order valence-electron chi connectivity index (χ4n) is 3.31. The Morgan fingerprint density at radius 2 is 2.14 bits per heavy atom. The van der Waals surface area contributed by atoms with E-state index in [9.17, 15) is 13.2 Å². The monoisotopic (exact) mass is 333 g/mol. The molecular weight excluding hydrogens is 314 g/mol. The first-order chi connectivity index (χ1) is 10.4. The van der Waals surface area contributed by atoms with Crippen molar-refractivity contribution in [3.05, 3.63) is 35.4 Å². The average molecular weight is 333 g/mol. The minimum atomic E-state index is -4.42. The van der Waals surface area contributed by atoms with Crippen molar-refractivity contribution in [1.82, 2.24) is 4.90 Å². The molecule has 1 aromatic rings. The molecule has 0 radical (unpaired) electrons. The van der Waals surface area contributed by atoms with Crippen molar-refractivity contribution in [3.8, 4) is 0 Å². The predicted octanol–water partition coefficient (Wildman–Crippen LogP) is 4.33. The highest BCUT2D eigenvalue weighted by atomic mass is 32.2. The topological polar surface area (TPSA) is 3.24 Å². The SMILES string of the molecule is FC(F)(F)c1cccc(C2(F)CCN(CC3CCSC3)C2)c1. The fourth-order valence-corrected chi connectivity index (χ4v) is 4.58. The average Bonchev–Trinajstić information content (AvgIpc) is 3.10. The molecule has 0 amide bonds. The Bertz CT molecular complexity index is 527. The summed E-state index contributed by atoms with van der Waals surface area (Å²) in [5.74, 6) is 2.86. The molecule has 0 saturated carbocycles. The number of thioether (sulfide) groups is 1. The second-order valence-corrected chi connectivity index (χ2v) is 7.41.